The second kappa shape index (κ2) is 10.1. The topological polar surface area (TPSA) is 80.1 Å². The summed E-state index contributed by atoms with van der Waals surface area (Å²) < 4.78 is 40.5. The third-order valence-electron chi connectivity index (χ3n) is 5.49. The summed E-state index contributed by atoms with van der Waals surface area (Å²) in [6, 6.07) is 8.30. The normalized spacial score (nSPS) is 11.4. The summed E-state index contributed by atoms with van der Waals surface area (Å²) in [5, 5.41) is 6.78. The number of amides is 1. The van der Waals surface area contributed by atoms with Crippen molar-refractivity contribution in [2.75, 3.05) is 18.0 Å². The van der Waals surface area contributed by atoms with E-state index in [1.54, 1.807) is 6.20 Å². The summed E-state index contributed by atoms with van der Waals surface area (Å²) in [4.78, 5) is 31.8. The number of hydrogen-bond donors (Lipinski definition) is 1. The van der Waals surface area contributed by atoms with Gasteiger partial charge in [0, 0.05) is 25.8 Å². The molecule has 0 saturated heterocycles. The highest BCUT2D eigenvalue weighted by molar-refractivity contribution is 6.43. The summed E-state index contributed by atoms with van der Waals surface area (Å²) in [6.07, 6.45) is -2.87. The van der Waals surface area contributed by atoms with E-state index >= 15 is 0 Å². The molecule has 0 spiro atoms. The Morgan fingerprint density at radius 1 is 1.09 bits per heavy atom. The Kier molecular flexibility index (Phi) is 7.38. The Labute approximate surface area is 195 Å². The van der Waals surface area contributed by atoms with E-state index in [0.29, 0.717) is 0 Å². The Morgan fingerprint density at radius 3 is 2.38 bits per heavy atom. The number of aromatic nitrogens is 3. The number of carbonyl (C=O) groups is 2. The first-order valence-corrected chi connectivity index (χ1v) is 10.8. The molecule has 0 unspecified atom stereocenters. The Hall–Kier alpha value is -3.69. The van der Waals surface area contributed by atoms with Crippen LogP contribution in [0.25, 0.3) is 5.69 Å². The van der Waals surface area contributed by atoms with Crippen LogP contribution >= 0.6 is 0 Å². The highest BCUT2D eigenvalue weighted by atomic mass is 19.4. The number of nitrogens with zero attached hydrogens (tertiary/aromatic N) is 4. The fourth-order valence-electron chi connectivity index (χ4n) is 3.67. The fraction of sp³-hybridized carbons (Fsp3) is 0.333. The zero-order valence-corrected chi connectivity index (χ0v) is 19.4. The monoisotopic (exact) mass is 473 g/mol. The lowest BCUT2D eigenvalue weighted by Crippen LogP contribution is -2.31. The number of pyridine rings is 1. The molecule has 10 heteroatoms. The minimum absolute atomic E-state index is 0.0601. The summed E-state index contributed by atoms with van der Waals surface area (Å²) >= 11 is 0. The van der Waals surface area contributed by atoms with Crippen LogP contribution in [-0.4, -0.2) is 39.5 Å². The molecule has 0 saturated carbocycles. The predicted octanol–water partition coefficient (Wildman–Crippen LogP) is 4.25. The summed E-state index contributed by atoms with van der Waals surface area (Å²) in [5.41, 5.74) is 0.635. The molecule has 1 aromatic carbocycles. The van der Waals surface area contributed by atoms with Crippen LogP contribution in [0.15, 0.2) is 42.6 Å². The lowest BCUT2D eigenvalue weighted by Gasteiger charge is -2.19. The molecule has 0 aliphatic rings. The van der Waals surface area contributed by atoms with Crippen molar-refractivity contribution >= 4 is 17.5 Å². The average Bonchev–Trinajstić information content (AvgIpc) is 3.11. The molecular weight excluding hydrogens is 447 g/mol. The molecule has 2 aromatic heterocycles. The molecule has 0 aliphatic heterocycles. The molecule has 0 aliphatic carbocycles. The van der Waals surface area contributed by atoms with Gasteiger partial charge in [-0.25, -0.2) is 9.67 Å². The molecular formula is C24H26F3N5O2. The molecule has 0 bridgehead atoms. The highest BCUT2D eigenvalue weighted by Gasteiger charge is 2.31. The maximum atomic E-state index is 13.1. The van der Waals surface area contributed by atoms with Gasteiger partial charge in [-0.3, -0.25) is 9.59 Å². The van der Waals surface area contributed by atoms with Crippen LogP contribution in [0.2, 0.25) is 0 Å². The first kappa shape index (κ1) is 24.9. The average molecular weight is 473 g/mol. The molecule has 3 rings (SSSR count). The Bertz CT molecular complexity index is 1180. The first-order chi connectivity index (χ1) is 16.1. The van der Waals surface area contributed by atoms with Gasteiger partial charge < -0.3 is 10.2 Å². The fourth-order valence-corrected chi connectivity index (χ4v) is 3.67. The second-order valence-corrected chi connectivity index (χ2v) is 7.71. The highest BCUT2D eigenvalue weighted by Crippen LogP contribution is 2.31. The van der Waals surface area contributed by atoms with Crippen molar-refractivity contribution in [3.8, 4) is 5.69 Å². The van der Waals surface area contributed by atoms with Crippen LogP contribution < -0.4 is 10.2 Å². The van der Waals surface area contributed by atoms with Gasteiger partial charge >= 0.3 is 6.18 Å². The van der Waals surface area contributed by atoms with Gasteiger partial charge in [0.1, 0.15) is 5.82 Å². The lowest BCUT2D eigenvalue weighted by atomic mass is 10.1. The molecule has 1 amide bonds. The number of rotatable bonds is 8. The predicted molar refractivity (Wildman–Crippen MR) is 122 cm³/mol. The molecule has 1 N–H and O–H groups in total. The van der Waals surface area contributed by atoms with Crippen molar-refractivity contribution in [3.05, 3.63) is 70.7 Å². The first-order valence-electron chi connectivity index (χ1n) is 10.8. The smallest absolute Gasteiger partial charge is 0.357 e. The number of hydrogen-bond acceptors (Lipinski definition) is 5. The number of alkyl halides is 3. The molecule has 0 radical (unpaired) electrons. The summed E-state index contributed by atoms with van der Waals surface area (Å²) in [7, 11) is 0. The number of aryl methyl sites for hydroxylation is 1. The molecule has 34 heavy (non-hydrogen) atoms. The maximum Gasteiger partial charge on any atom is 0.416 e. The van der Waals surface area contributed by atoms with Gasteiger partial charge in [0.15, 0.2) is 0 Å². The number of nitrogens with one attached hydrogen (secondary N) is 1. The van der Waals surface area contributed by atoms with Crippen molar-refractivity contribution in [2.45, 2.75) is 40.4 Å². The standard InChI is InChI=1S/C24H26F3N5O2/c1-5-31(6-2)20-11-10-17(13-28-20)14-29-23(34)22(33)21-15(3)30-32(16(21)4)19-9-7-8-18(12-19)24(25,26)27/h7-13H,5-6,14H2,1-4H3,(H,29,34). The Balaban J connectivity index is 1.75. The number of carbonyl (C=O) groups excluding carboxylic acids is 2. The zero-order chi connectivity index (χ0) is 25.0. The molecule has 7 nitrogen and oxygen atoms in total. The van der Waals surface area contributed by atoms with E-state index in [2.05, 4.69) is 20.3 Å². The van der Waals surface area contributed by atoms with Gasteiger partial charge in [-0.15, -0.1) is 0 Å². The van der Waals surface area contributed by atoms with Gasteiger partial charge in [-0.1, -0.05) is 12.1 Å². The molecule has 180 valence electrons. The quantitative estimate of drug-likeness (QED) is 0.391. The molecule has 2 heterocycles. The summed E-state index contributed by atoms with van der Waals surface area (Å²) in [5.74, 6) is -0.812. The van der Waals surface area contributed by atoms with Crippen molar-refractivity contribution in [1.29, 1.82) is 0 Å². The van der Waals surface area contributed by atoms with E-state index in [-0.39, 0.29) is 29.2 Å². The third kappa shape index (κ3) is 5.27. The third-order valence-corrected chi connectivity index (χ3v) is 5.49. The number of halogens is 3. The lowest BCUT2D eigenvalue weighted by molar-refractivity contribution is -0.137. The van der Waals surface area contributed by atoms with Gasteiger partial charge in [0.2, 0.25) is 0 Å². The van der Waals surface area contributed by atoms with Crippen LogP contribution in [0, 0.1) is 13.8 Å². The van der Waals surface area contributed by atoms with Gasteiger partial charge in [0.25, 0.3) is 11.7 Å². The van der Waals surface area contributed by atoms with Crippen molar-refractivity contribution < 1.29 is 22.8 Å². The molecule has 0 atom stereocenters. The van der Waals surface area contributed by atoms with Crippen molar-refractivity contribution in [2.24, 2.45) is 0 Å². The van der Waals surface area contributed by atoms with Crippen LogP contribution in [0.4, 0.5) is 19.0 Å². The largest absolute Gasteiger partial charge is 0.416 e. The minimum Gasteiger partial charge on any atom is -0.357 e. The van der Waals surface area contributed by atoms with Crippen LogP contribution in [0.5, 0.6) is 0 Å². The van der Waals surface area contributed by atoms with E-state index in [4.69, 9.17) is 0 Å². The van der Waals surface area contributed by atoms with Crippen LogP contribution in [0.3, 0.4) is 0 Å². The van der Waals surface area contributed by atoms with Crippen LogP contribution in [-0.2, 0) is 17.5 Å². The number of ketones is 1. The van der Waals surface area contributed by atoms with Crippen LogP contribution in [0.1, 0.15) is 46.7 Å². The van der Waals surface area contributed by atoms with Gasteiger partial charge in [-0.05, 0) is 57.5 Å². The SMILES string of the molecule is CCN(CC)c1ccc(CNC(=O)C(=O)c2c(C)nn(-c3cccc(C(F)(F)F)c3)c2C)cn1. The van der Waals surface area contributed by atoms with Crippen molar-refractivity contribution in [3.63, 3.8) is 0 Å². The number of anilines is 1. The maximum absolute atomic E-state index is 13.1. The number of Topliss-reactive ketones (excluding diaryl/α,β-unsaturated/α-hetero) is 1. The van der Waals surface area contributed by atoms with Gasteiger partial charge in [-0.2, -0.15) is 18.3 Å². The summed E-state index contributed by atoms with van der Waals surface area (Å²) in [6.45, 7) is 8.89. The molecule has 3 aromatic rings. The Morgan fingerprint density at radius 2 is 1.79 bits per heavy atom. The molecule has 0 fully saturated rings. The van der Waals surface area contributed by atoms with E-state index in [0.717, 1.165) is 36.6 Å². The van der Waals surface area contributed by atoms with E-state index in [9.17, 15) is 22.8 Å². The van der Waals surface area contributed by atoms with E-state index in [1.165, 1.54) is 30.7 Å². The zero-order valence-electron chi connectivity index (χ0n) is 19.4. The van der Waals surface area contributed by atoms with Gasteiger partial charge in [0.05, 0.1) is 28.2 Å². The van der Waals surface area contributed by atoms with E-state index < -0.39 is 23.4 Å². The van der Waals surface area contributed by atoms with Crippen molar-refractivity contribution in [1.82, 2.24) is 20.1 Å². The number of benzene rings is 1. The second-order valence-electron chi connectivity index (χ2n) is 7.71. The van der Waals surface area contributed by atoms with E-state index in [1.807, 2.05) is 26.0 Å². The minimum atomic E-state index is -4.51.